The van der Waals surface area contributed by atoms with Gasteiger partial charge in [-0.05, 0) is 38.5 Å². The Balaban J connectivity index is 2.03. The van der Waals surface area contributed by atoms with Crippen LogP contribution in [0.25, 0.3) is 0 Å². The van der Waals surface area contributed by atoms with Crippen molar-refractivity contribution >= 4 is 0 Å². The molecule has 118 valence electrons. The Bertz CT molecular complexity index is 301. The highest BCUT2D eigenvalue weighted by Gasteiger charge is 2.39. The van der Waals surface area contributed by atoms with Crippen molar-refractivity contribution in [3.8, 4) is 0 Å². The van der Waals surface area contributed by atoms with Crippen LogP contribution in [0.1, 0.15) is 60.3 Å². The van der Waals surface area contributed by atoms with Gasteiger partial charge in [-0.3, -0.25) is 4.90 Å². The Morgan fingerprint density at radius 1 is 1.25 bits per heavy atom. The second kappa shape index (κ2) is 6.76. The van der Waals surface area contributed by atoms with Gasteiger partial charge in [-0.25, -0.2) is 0 Å². The van der Waals surface area contributed by atoms with Gasteiger partial charge in [-0.15, -0.1) is 0 Å². The average molecular weight is 282 g/mol. The molecule has 3 nitrogen and oxygen atoms in total. The summed E-state index contributed by atoms with van der Waals surface area (Å²) in [4.78, 5) is 2.72. The van der Waals surface area contributed by atoms with E-state index in [1.807, 2.05) is 0 Å². The first-order valence-electron chi connectivity index (χ1n) is 8.64. The molecule has 2 fully saturated rings. The van der Waals surface area contributed by atoms with E-state index < -0.39 is 0 Å². The Hall–Kier alpha value is -0.120. The van der Waals surface area contributed by atoms with Crippen molar-refractivity contribution in [1.82, 2.24) is 10.2 Å². The highest BCUT2D eigenvalue weighted by Crippen LogP contribution is 2.28. The first-order chi connectivity index (χ1) is 9.49. The topological polar surface area (TPSA) is 24.5 Å². The lowest BCUT2D eigenvalue weighted by atomic mass is 9.86. The molecular weight excluding hydrogens is 248 g/mol. The number of rotatable bonds is 5. The molecule has 0 aliphatic carbocycles. The van der Waals surface area contributed by atoms with Crippen molar-refractivity contribution in [2.45, 2.75) is 84.1 Å². The fraction of sp³-hybridized carbons (Fsp3) is 1.00. The minimum absolute atomic E-state index is 0.315. The maximum atomic E-state index is 6.07. The van der Waals surface area contributed by atoms with Crippen LogP contribution in [0.3, 0.4) is 0 Å². The predicted octanol–water partition coefficient (Wildman–Crippen LogP) is 3.04. The van der Waals surface area contributed by atoms with Crippen molar-refractivity contribution in [2.24, 2.45) is 5.92 Å². The van der Waals surface area contributed by atoms with Crippen LogP contribution in [0, 0.1) is 5.92 Å². The summed E-state index contributed by atoms with van der Waals surface area (Å²) in [6, 6.07) is 0.653. The maximum absolute atomic E-state index is 6.07. The standard InChI is InChI=1S/C17H34N2O/c1-6-17(7-2)12-19(16(10-18-17)13(3)4)11-15-9-8-14(5)20-15/h13-16,18H,6-12H2,1-5H3. The molecule has 2 aliphatic heterocycles. The van der Waals surface area contributed by atoms with E-state index in [1.54, 1.807) is 0 Å². The molecule has 0 saturated carbocycles. The lowest BCUT2D eigenvalue weighted by Crippen LogP contribution is -2.65. The summed E-state index contributed by atoms with van der Waals surface area (Å²) in [7, 11) is 0. The quantitative estimate of drug-likeness (QED) is 0.839. The molecule has 0 radical (unpaired) electrons. The van der Waals surface area contributed by atoms with E-state index in [1.165, 1.54) is 32.2 Å². The fourth-order valence-corrected chi connectivity index (χ4v) is 3.87. The van der Waals surface area contributed by atoms with Crippen LogP contribution >= 0.6 is 0 Å². The van der Waals surface area contributed by atoms with Gasteiger partial charge in [0.25, 0.3) is 0 Å². The molecular formula is C17H34N2O. The minimum atomic E-state index is 0.315. The lowest BCUT2D eigenvalue weighted by molar-refractivity contribution is -0.0128. The predicted molar refractivity (Wildman–Crippen MR) is 85.1 cm³/mol. The van der Waals surface area contributed by atoms with Crippen LogP contribution in [0.15, 0.2) is 0 Å². The number of ether oxygens (including phenoxy) is 1. The Labute approximate surface area is 125 Å². The van der Waals surface area contributed by atoms with E-state index in [2.05, 4.69) is 44.8 Å². The third-order valence-corrected chi connectivity index (χ3v) is 5.54. The van der Waals surface area contributed by atoms with Crippen molar-refractivity contribution in [2.75, 3.05) is 19.6 Å². The van der Waals surface area contributed by atoms with Gasteiger partial charge in [0.1, 0.15) is 0 Å². The smallest absolute Gasteiger partial charge is 0.0706 e. The summed E-state index contributed by atoms with van der Waals surface area (Å²) in [6.07, 6.45) is 5.81. The molecule has 0 aromatic carbocycles. The van der Waals surface area contributed by atoms with Gasteiger partial charge in [0.05, 0.1) is 12.2 Å². The van der Waals surface area contributed by atoms with Gasteiger partial charge in [-0.2, -0.15) is 0 Å². The summed E-state index contributed by atoms with van der Waals surface area (Å²) in [5, 5.41) is 3.84. The van der Waals surface area contributed by atoms with E-state index in [9.17, 15) is 0 Å². The van der Waals surface area contributed by atoms with Gasteiger partial charge in [0.2, 0.25) is 0 Å². The van der Waals surface area contributed by atoms with E-state index in [4.69, 9.17) is 4.74 Å². The van der Waals surface area contributed by atoms with E-state index in [0.29, 0.717) is 29.7 Å². The number of nitrogens with one attached hydrogen (secondary N) is 1. The third kappa shape index (κ3) is 3.55. The fourth-order valence-electron chi connectivity index (χ4n) is 3.87. The number of hydrogen-bond donors (Lipinski definition) is 1. The van der Waals surface area contributed by atoms with Gasteiger partial charge in [-0.1, -0.05) is 27.7 Å². The Morgan fingerprint density at radius 3 is 2.45 bits per heavy atom. The Kier molecular flexibility index (Phi) is 5.49. The Morgan fingerprint density at radius 2 is 1.95 bits per heavy atom. The summed E-state index contributed by atoms with van der Waals surface area (Å²) >= 11 is 0. The molecule has 3 unspecified atom stereocenters. The van der Waals surface area contributed by atoms with Crippen molar-refractivity contribution in [3.63, 3.8) is 0 Å². The molecule has 2 aliphatic rings. The molecule has 0 bridgehead atoms. The number of piperazine rings is 1. The van der Waals surface area contributed by atoms with Crippen LogP contribution < -0.4 is 5.32 Å². The molecule has 0 spiro atoms. The number of hydrogen-bond acceptors (Lipinski definition) is 3. The van der Waals surface area contributed by atoms with Crippen molar-refractivity contribution < 1.29 is 4.74 Å². The van der Waals surface area contributed by atoms with E-state index in [-0.39, 0.29) is 0 Å². The summed E-state index contributed by atoms with van der Waals surface area (Å²) in [5.41, 5.74) is 0.315. The lowest BCUT2D eigenvalue weighted by Gasteiger charge is -2.49. The zero-order chi connectivity index (χ0) is 14.8. The normalized spacial score (nSPS) is 34.8. The summed E-state index contributed by atoms with van der Waals surface area (Å²) < 4.78 is 6.07. The van der Waals surface area contributed by atoms with Gasteiger partial charge < -0.3 is 10.1 Å². The molecule has 3 heteroatoms. The highest BCUT2D eigenvalue weighted by molar-refractivity contribution is 4.98. The van der Waals surface area contributed by atoms with E-state index in [0.717, 1.165) is 13.1 Å². The zero-order valence-electron chi connectivity index (χ0n) is 14.1. The summed E-state index contributed by atoms with van der Waals surface area (Å²) in [6.45, 7) is 15.0. The van der Waals surface area contributed by atoms with Crippen LogP contribution in [-0.2, 0) is 4.74 Å². The molecule has 2 rings (SSSR count). The van der Waals surface area contributed by atoms with Gasteiger partial charge in [0.15, 0.2) is 0 Å². The van der Waals surface area contributed by atoms with Gasteiger partial charge >= 0.3 is 0 Å². The molecule has 1 N–H and O–H groups in total. The maximum Gasteiger partial charge on any atom is 0.0706 e. The first-order valence-corrected chi connectivity index (χ1v) is 8.64. The zero-order valence-corrected chi connectivity index (χ0v) is 14.1. The second-order valence-corrected chi connectivity index (χ2v) is 7.26. The SMILES string of the molecule is CCC1(CC)CN(CC2CCC(C)O2)C(C(C)C)CN1. The van der Waals surface area contributed by atoms with Crippen LogP contribution in [0.4, 0.5) is 0 Å². The van der Waals surface area contributed by atoms with Crippen LogP contribution in [0.2, 0.25) is 0 Å². The second-order valence-electron chi connectivity index (χ2n) is 7.26. The minimum Gasteiger partial charge on any atom is -0.374 e. The van der Waals surface area contributed by atoms with Gasteiger partial charge in [0, 0.05) is 31.2 Å². The molecule has 20 heavy (non-hydrogen) atoms. The van der Waals surface area contributed by atoms with Crippen LogP contribution in [0.5, 0.6) is 0 Å². The summed E-state index contributed by atoms with van der Waals surface area (Å²) in [5.74, 6) is 0.702. The molecule has 0 aromatic rings. The molecule has 0 amide bonds. The van der Waals surface area contributed by atoms with Crippen molar-refractivity contribution in [3.05, 3.63) is 0 Å². The van der Waals surface area contributed by atoms with Crippen molar-refractivity contribution in [1.29, 1.82) is 0 Å². The average Bonchev–Trinajstić information content (AvgIpc) is 2.83. The molecule has 3 atom stereocenters. The molecule has 2 saturated heterocycles. The van der Waals surface area contributed by atoms with Crippen LogP contribution in [-0.4, -0.2) is 48.3 Å². The number of nitrogens with zero attached hydrogens (tertiary/aromatic N) is 1. The monoisotopic (exact) mass is 282 g/mol. The van der Waals surface area contributed by atoms with E-state index >= 15 is 0 Å². The molecule has 2 heterocycles. The molecule has 0 aromatic heterocycles. The third-order valence-electron chi connectivity index (χ3n) is 5.54. The first kappa shape index (κ1) is 16.3. The largest absolute Gasteiger partial charge is 0.374 e. The highest BCUT2D eigenvalue weighted by atomic mass is 16.5.